The molecule has 0 aromatic rings. The van der Waals surface area contributed by atoms with Crippen LogP contribution in [0.1, 0.15) is 51.9 Å². The molecule has 1 amide bonds. The number of amides is 1. The van der Waals surface area contributed by atoms with Gasteiger partial charge in [0.15, 0.2) is 0 Å². The Labute approximate surface area is 104 Å². The second-order valence-electron chi connectivity index (χ2n) is 7.38. The van der Waals surface area contributed by atoms with Gasteiger partial charge in [-0.1, -0.05) is 0 Å². The molecule has 0 heterocycles. The van der Waals surface area contributed by atoms with Crippen LogP contribution in [0.2, 0.25) is 0 Å². The molecule has 0 aromatic heterocycles. The molecule has 3 bridgehead atoms. The van der Waals surface area contributed by atoms with Crippen molar-refractivity contribution in [2.45, 2.75) is 51.9 Å². The van der Waals surface area contributed by atoms with Gasteiger partial charge in [-0.25, -0.2) is 0 Å². The molecule has 0 radical (unpaired) electrons. The quantitative estimate of drug-likeness (QED) is 0.798. The van der Waals surface area contributed by atoms with Crippen molar-refractivity contribution in [1.82, 2.24) is 5.32 Å². The molecule has 1 N–H and O–H groups in total. The molecule has 4 fully saturated rings. The van der Waals surface area contributed by atoms with Crippen LogP contribution in [0.15, 0.2) is 0 Å². The lowest BCUT2D eigenvalue weighted by molar-refractivity contribution is -0.124. The van der Waals surface area contributed by atoms with Crippen LogP contribution < -0.4 is 5.32 Å². The van der Waals surface area contributed by atoms with E-state index in [1.165, 1.54) is 38.5 Å². The number of hydrogen-bond donors (Lipinski definition) is 1. The van der Waals surface area contributed by atoms with Crippen molar-refractivity contribution in [3.8, 4) is 0 Å². The maximum atomic E-state index is 11.9. The van der Waals surface area contributed by atoms with E-state index in [0.29, 0.717) is 11.3 Å². The van der Waals surface area contributed by atoms with E-state index < -0.39 is 0 Å². The van der Waals surface area contributed by atoms with Crippen molar-refractivity contribution in [1.29, 1.82) is 0 Å². The Bertz CT molecular complexity index is 375. The predicted octanol–water partition coefficient (Wildman–Crippen LogP) is 2.73. The van der Waals surface area contributed by atoms with Gasteiger partial charge in [-0.2, -0.15) is 0 Å². The fourth-order valence-corrected chi connectivity index (χ4v) is 6.34. The molecule has 0 aromatic carbocycles. The van der Waals surface area contributed by atoms with E-state index >= 15 is 0 Å². The average Bonchev–Trinajstić information content (AvgIpc) is 2.55. The number of hydrogen-bond acceptors (Lipinski definition) is 1. The number of nitrogens with one attached hydrogen (secondary N) is 1. The Morgan fingerprint density at radius 2 is 2.12 bits per heavy atom. The van der Waals surface area contributed by atoms with Crippen molar-refractivity contribution in [2.24, 2.45) is 28.6 Å². The minimum absolute atomic E-state index is 0.308. The Morgan fingerprint density at radius 3 is 2.94 bits per heavy atom. The number of carbonyl (C=O) groups excluding carboxylic acids is 1. The molecule has 5 atom stereocenters. The van der Waals surface area contributed by atoms with Gasteiger partial charge in [0.05, 0.1) is 0 Å². The summed E-state index contributed by atoms with van der Waals surface area (Å²) in [6, 6.07) is 0. The highest BCUT2D eigenvalue weighted by molar-refractivity contribution is 5.76. The van der Waals surface area contributed by atoms with E-state index in [0.717, 1.165) is 36.1 Å². The summed E-state index contributed by atoms with van der Waals surface area (Å²) in [5.41, 5.74) is 1.15. The summed E-state index contributed by atoms with van der Waals surface area (Å²) < 4.78 is 0. The van der Waals surface area contributed by atoms with Crippen molar-refractivity contribution >= 4 is 5.91 Å². The van der Waals surface area contributed by atoms with Crippen molar-refractivity contribution in [3.05, 3.63) is 0 Å². The molecular weight excluding hydrogens is 210 g/mol. The van der Waals surface area contributed by atoms with Crippen LogP contribution in [0.4, 0.5) is 0 Å². The molecule has 0 saturated heterocycles. The third kappa shape index (κ3) is 1.19. The average molecular weight is 233 g/mol. The van der Waals surface area contributed by atoms with Gasteiger partial charge in [0.2, 0.25) is 5.91 Å². The summed E-state index contributed by atoms with van der Waals surface area (Å²) in [5.74, 6) is 3.32. The van der Waals surface area contributed by atoms with Gasteiger partial charge in [-0.15, -0.1) is 0 Å². The first-order valence-corrected chi connectivity index (χ1v) is 7.42. The first-order valence-electron chi connectivity index (χ1n) is 7.42. The molecule has 17 heavy (non-hydrogen) atoms. The predicted molar refractivity (Wildman–Crippen MR) is 66.3 cm³/mol. The minimum Gasteiger partial charge on any atom is -0.356 e. The lowest BCUT2D eigenvalue weighted by atomic mass is 9.55. The third-order valence-electron chi connectivity index (χ3n) is 6.50. The second-order valence-corrected chi connectivity index (χ2v) is 7.38. The lowest BCUT2D eigenvalue weighted by Gasteiger charge is -2.49. The van der Waals surface area contributed by atoms with Crippen LogP contribution in [0.25, 0.3) is 0 Å². The molecule has 5 unspecified atom stereocenters. The Morgan fingerprint density at radius 1 is 1.24 bits per heavy atom. The Hall–Kier alpha value is -0.530. The van der Waals surface area contributed by atoms with Crippen molar-refractivity contribution in [3.63, 3.8) is 0 Å². The number of rotatable bonds is 3. The first-order chi connectivity index (χ1) is 8.16. The highest BCUT2D eigenvalue weighted by Crippen LogP contribution is 2.79. The van der Waals surface area contributed by atoms with Gasteiger partial charge in [-0.3, -0.25) is 4.79 Å². The first kappa shape index (κ1) is 10.4. The van der Waals surface area contributed by atoms with Crippen LogP contribution >= 0.6 is 0 Å². The monoisotopic (exact) mass is 233 g/mol. The highest BCUT2D eigenvalue weighted by atomic mass is 16.1. The minimum atomic E-state index is 0.308. The van der Waals surface area contributed by atoms with Crippen molar-refractivity contribution < 1.29 is 4.79 Å². The zero-order valence-electron chi connectivity index (χ0n) is 10.8. The van der Waals surface area contributed by atoms with Crippen LogP contribution in [0.3, 0.4) is 0 Å². The van der Waals surface area contributed by atoms with E-state index in [2.05, 4.69) is 5.32 Å². The molecule has 4 aliphatic rings. The van der Waals surface area contributed by atoms with E-state index in [4.69, 9.17) is 0 Å². The summed E-state index contributed by atoms with van der Waals surface area (Å²) in [4.78, 5) is 11.9. The number of fused-ring (bicyclic) bond motifs is 2. The topological polar surface area (TPSA) is 29.1 Å². The zero-order chi connectivity index (χ0) is 11.7. The van der Waals surface area contributed by atoms with Crippen molar-refractivity contribution in [2.75, 3.05) is 6.54 Å². The maximum absolute atomic E-state index is 11.9. The van der Waals surface area contributed by atoms with Gasteiger partial charge in [0.25, 0.3) is 0 Å². The van der Waals surface area contributed by atoms with E-state index in [9.17, 15) is 4.79 Å². The zero-order valence-corrected chi connectivity index (χ0v) is 10.8. The summed E-state index contributed by atoms with van der Waals surface area (Å²) in [7, 11) is 0. The van der Waals surface area contributed by atoms with E-state index in [1.807, 2.05) is 6.92 Å². The van der Waals surface area contributed by atoms with Gasteiger partial charge < -0.3 is 5.32 Å². The van der Waals surface area contributed by atoms with Crippen LogP contribution in [0.5, 0.6) is 0 Å². The standard InChI is InChI=1S/C15H23NO/c1-2-16-13(17)8-14-5-10-3-11-4-12(7-14)15(11,6-10)9-14/h10-12H,2-9H2,1H3,(H,16,17). The Kier molecular flexibility index (Phi) is 1.88. The third-order valence-corrected chi connectivity index (χ3v) is 6.50. The van der Waals surface area contributed by atoms with Gasteiger partial charge in [0, 0.05) is 13.0 Å². The molecular formula is C15H23NO. The maximum Gasteiger partial charge on any atom is 0.220 e. The summed E-state index contributed by atoms with van der Waals surface area (Å²) in [6.45, 7) is 2.81. The van der Waals surface area contributed by atoms with Crippen LogP contribution in [-0.2, 0) is 4.79 Å². The SMILES string of the molecule is CCNC(=O)CC12CC3CC4CC(C1)C4(C3)C2. The lowest BCUT2D eigenvalue weighted by Crippen LogP contribution is -2.42. The van der Waals surface area contributed by atoms with Gasteiger partial charge in [0.1, 0.15) is 0 Å². The van der Waals surface area contributed by atoms with E-state index in [1.54, 1.807) is 0 Å². The molecule has 4 saturated carbocycles. The molecule has 4 rings (SSSR count). The van der Waals surface area contributed by atoms with Crippen LogP contribution in [0, 0.1) is 28.6 Å². The second kappa shape index (κ2) is 3.07. The molecule has 94 valence electrons. The Balaban J connectivity index is 1.58. The molecule has 4 aliphatic carbocycles. The molecule has 0 aliphatic heterocycles. The fourth-order valence-electron chi connectivity index (χ4n) is 6.34. The molecule has 1 spiro atoms. The van der Waals surface area contributed by atoms with E-state index in [-0.39, 0.29) is 0 Å². The summed E-state index contributed by atoms with van der Waals surface area (Å²) in [6.07, 6.45) is 9.45. The van der Waals surface area contributed by atoms with Gasteiger partial charge in [-0.05, 0) is 74.0 Å². The molecule has 2 nitrogen and oxygen atoms in total. The highest BCUT2D eigenvalue weighted by Gasteiger charge is 2.70. The largest absolute Gasteiger partial charge is 0.356 e. The number of carbonyl (C=O) groups is 1. The van der Waals surface area contributed by atoms with Gasteiger partial charge >= 0.3 is 0 Å². The summed E-state index contributed by atoms with van der Waals surface area (Å²) >= 11 is 0. The van der Waals surface area contributed by atoms with Crippen LogP contribution in [-0.4, -0.2) is 12.5 Å². The summed E-state index contributed by atoms with van der Waals surface area (Å²) in [5, 5.41) is 3.01. The smallest absolute Gasteiger partial charge is 0.220 e. The molecule has 2 heteroatoms. The normalized spacial score (nSPS) is 53.4. The fraction of sp³-hybridized carbons (Fsp3) is 0.933.